The maximum Gasteiger partial charge on any atom is -0.00137 e. The Bertz CT molecular complexity index is 2150. The van der Waals surface area contributed by atoms with Gasteiger partial charge in [-0.1, -0.05) is 133 Å². The van der Waals surface area contributed by atoms with Crippen LogP contribution >= 0.6 is 0 Å². The molecule has 0 spiro atoms. The van der Waals surface area contributed by atoms with Gasteiger partial charge < -0.3 is 0 Å². The van der Waals surface area contributed by atoms with Gasteiger partial charge in [-0.05, 0) is 88.2 Å². The molecule has 38 heavy (non-hydrogen) atoms. The van der Waals surface area contributed by atoms with Crippen LogP contribution in [0, 0.1) is 0 Å². The summed E-state index contributed by atoms with van der Waals surface area (Å²) in [5.74, 6) is 0. The van der Waals surface area contributed by atoms with Gasteiger partial charge in [0.2, 0.25) is 0 Å². The van der Waals surface area contributed by atoms with E-state index in [0.29, 0.717) is 0 Å². The molecule has 176 valence electrons. The number of benzene rings is 8. The minimum Gasteiger partial charge on any atom is -0.0622 e. The van der Waals surface area contributed by atoms with Crippen LogP contribution in [0.2, 0.25) is 0 Å². The highest BCUT2D eigenvalue weighted by Gasteiger charge is 2.16. The maximum atomic E-state index is 2.41. The van der Waals surface area contributed by atoms with Crippen LogP contribution < -0.4 is 0 Å². The fourth-order valence-corrected chi connectivity index (χ4v) is 6.31. The molecule has 8 rings (SSSR count). The predicted molar refractivity (Wildman–Crippen MR) is 165 cm³/mol. The summed E-state index contributed by atoms with van der Waals surface area (Å²) in [6, 6.07) is 53.2. The molecule has 8 aromatic rings. The fourth-order valence-electron chi connectivity index (χ4n) is 6.31. The first kappa shape index (κ1) is 21.2. The van der Waals surface area contributed by atoms with Crippen molar-refractivity contribution in [3.05, 3.63) is 146 Å². The average Bonchev–Trinajstić information content (AvgIpc) is 3.01. The first-order chi connectivity index (χ1) is 18.9. The Balaban J connectivity index is 1.53. The summed E-state index contributed by atoms with van der Waals surface area (Å²) >= 11 is 0. The van der Waals surface area contributed by atoms with Crippen LogP contribution in [0.3, 0.4) is 0 Å². The van der Waals surface area contributed by atoms with E-state index in [0.717, 1.165) is 0 Å². The molecule has 0 aliphatic carbocycles. The molecular weight excluding hydrogens is 456 g/mol. The van der Waals surface area contributed by atoms with Crippen molar-refractivity contribution < 1.29 is 0 Å². The molecule has 0 atom stereocenters. The van der Waals surface area contributed by atoms with Gasteiger partial charge in [0.05, 0.1) is 0 Å². The van der Waals surface area contributed by atoms with Crippen molar-refractivity contribution in [2.45, 2.75) is 0 Å². The van der Waals surface area contributed by atoms with Crippen LogP contribution in [-0.2, 0) is 0 Å². The molecule has 8 aromatic carbocycles. The molecule has 0 radical (unpaired) electrons. The number of hydrogen-bond acceptors (Lipinski definition) is 0. The van der Waals surface area contributed by atoms with Gasteiger partial charge in [-0.15, -0.1) is 0 Å². The topological polar surface area (TPSA) is 0 Å². The van der Waals surface area contributed by atoms with Crippen LogP contribution in [0.4, 0.5) is 0 Å². The lowest BCUT2D eigenvalue weighted by molar-refractivity contribution is 1.60. The zero-order chi connectivity index (χ0) is 25.1. The van der Waals surface area contributed by atoms with Gasteiger partial charge in [0.15, 0.2) is 0 Å². The normalized spacial score (nSPS) is 11.7. The molecule has 0 amide bonds. The Morgan fingerprint density at radius 2 is 0.605 bits per heavy atom. The maximum absolute atomic E-state index is 2.41. The SMILES string of the molecule is c1ccc(-c2cccc(-c3ccc4c5ccccc5c5c6ccccc6c6ccccc6c5c4c3)c2)cc1. The second-order valence-corrected chi connectivity index (χ2v) is 10.1. The lowest BCUT2D eigenvalue weighted by Gasteiger charge is -2.17. The van der Waals surface area contributed by atoms with Gasteiger partial charge in [-0.25, -0.2) is 0 Å². The number of rotatable bonds is 2. The molecule has 0 aliphatic heterocycles. The van der Waals surface area contributed by atoms with Gasteiger partial charge in [-0.2, -0.15) is 0 Å². The van der Waals surface area contributed by atoms with Crippen molar-refractivity contribution in [1.82, 2.24) is 0 Å². The second kappa shape index (κ2) is 8.30. The zero-order valence-electron chi connectivity index (χ0n) is 20.9. The summed E-state index contributed by atoms with van der Waals surface area (Å²) in [7, 11) is 0. The Morgan fingerprint density at radius 3 is 1.18 bits per heavy atom. The van der Waals surface area contributed by atoms with Gasteiger partial charge >= 0.3 is 0 Å². The molecule has 0 unspecified atom stereocenters. The molecule has 0 nitrogen and oxygen atoms in total. The smallest absolute Gasteiger partial charge is 0.00137 e. The van der Waals surface area contributed by atoms with E-state index in [1.807, 2.05) is 0 Å². The van der Waals surface area contributed by atoms with E-state index >= 15 is 0 Å². The second-order valence-electron chi connectivity index (χ2n) is 10.1. The molecule has 0 aromatic heterocycles. The lowest BCUT2D eigenvalue weighted by atomic mass is 9.86. The third-order valence-electron chi connectivity index (χ3n) is 8.01. The fraction of sp³-hybridized carbons (Fsp3) is 0. The molecule has 0 heteroatoms. The largest absolute Gasteiger partial charge is 0.0622 e. The number of hydrogen-bond donors (Lipinski definition) is 0. The minimum atomic E-state index is 1.24. The summed E-state index contributed by atoms with van der Waals surface area (Å²) in [5, 5.41) is 13.2. The summed E-state index contributed by atoms with van der Waals surface area (Å²) in [6.45, 7) is 0. The van der Waals surface area contributed by atoms with E-state index in [4.69, 9.17) is 0 Å². The van der Waals surface area contributed by atoms with Crippen molar-refractivity contribution >= 4 is 53.9 Å². The highest BCUT2D eigenvalue weighted by Crippen LogP contribution is 2.44. The van der Waals surface area contributed by atoms with Crippen LogP contribution in [0.15, 0.2) is 146 Å². The molecule has 0 bridgehead atoms. The third-order valence-corrected chi connectivity index (χ3v) is 8.01. The van der Waals surface area contributed by atoms with Gasteiger partial charge in [0, 0.05) is 0 Å². The Kier molecular flexibility index (Phi) is 4.62. The van der Waals surface area contributed by atoms with Crippen molar-refractivity contribution in [2.24, 2.45) is 0 Å². The standard InChI is InChI=1S/C38H24/c1-2-11-25(12-3-1)26-13-10-14-27(23-26)28-21-22-32-31-17-6-8-19-34(31)37-33-18-7-4-15-29(33)30-16-5-9-20-35(30)38(37)36(32)24-28/h1-24H. The number of fused-ring (bicyclic) bond motifs is 11. The summed E-state index contributed by atoms with van der Waals surface area (Å²) in [4.78, 5) is 0. The van der Waals surface area contributed by atoms with Crippen molar-refractivity contribution in [3.8, 4) is 22.3 Å². The van der Waals surface area contributed by atoms with E-state index < -0.39 is 0 Å². The monoisotopic (exact) mass is 480 g/mol. The Labute approximate surface area is 221 Å². The van der Waals surface area contributed by atoms with Crippen molar-refractivity contribution in [1.29, 1.82) is 0 Å². The van der Waals surface area contributed by atoms with Gasteiger partial charge in [0.1, 0.15) is 0 Å². The first-order valence-corrected chi connectivity index (χ1v) is 13.2. The molecule has 0 N–H and O–H groups in total. The van der Waals surface area contributed by atoms with Crippen molar-refractivity contribution in [3.63, 3.8) is 0 Å². The molecular formula is C38H24. The summed E-state index contributed by atoms with van der Waals surface area (Å²) < 4.78 is 0. The minimum absolute atomic E-state index is 1.24. The third kappa shape index (κ3) is 3.11. The van der Waals surface area contributed by atoms with Crippen LogP contribution in [0.25, 0.3) is 76.1 Å². The summed E-state index contributed by atoms with van der Waals surface area (Å²) in [6.07, 6.45) is 0. The molecule has 0 saturated carbocycles. The van der Waals surface area contributed by atoms with Gasteiger partial charge in [0.25, 0.3) is 0 Å². The average molecular weight is 481 g/mol. The van der Waals surface area contributed by atoms with Gasteiger partial charge in [-0.3, -0.25) is 0 Å². The Morgan fingerprint density at radius 1 is 0.211 bits per heavy atom. The Hall–Kier alpha value is -4.94. The summed E-state index contributed by atoms with van der Waals surface area (Å²) in [5.41, 5.74) is 4.95. The van der Waals surface area contributed by atoms with Crippen LogP contribution in [0.5, 0.6) is 0 Å². The van der Waals surface area contributed by atoms with E-state index in [-0.39, 0.29) is 0 Å². The van der Waals surface area contributed by atoms with E-state index in [9.17, 15) is 0 Å². The highest BCUT2D eigenvalue weighted by molar-refractivity contribution is 6.39. The molecule has 0 aliphatic rings. The zero-order valence-corrected chi connectivity index (χ0v) is 20.9. The van der Waals surface area contributed by atoms with Crippen LogP contribution in [-0.4, -0.2) is 0 Å². The lowest BCUT2D eigenvalue weighted by Crippen LogP contribution is -1.89. The molecule has 0 fully saturated rings. The molecule has 0 saturated heterocycles. The van der Waals surface area contributed by atoms with Crippen LogP contribution in [0.1, 0.15) is 0 Å². The quantitative estimate of drug-likeness (QED) is 0.216. The van der Waals surface area contributed by atoms with Crippen molar-refractivity contribution in [2.75, 3.05) is 0 Å². The van der Waals surface area contributed by atoms with E-state index in [2.05, 4.69) is 146 Å². The highest BCUT2D eigenvalue weighted by atomic mass is 14.2. The van der Waals surface area contributed by atoms with E-state index in [1.165, 1.54) is 76.1 Å². The van der Waals surface area contributed by atoms with E-state index in [1.54, 1.807) is 0 Å². The first-order valence-electron chi connectivity index (χ1n) is 13.2. The predicted octanol–water partition coefficient (Wildman–Crippen LogP) is 10.8. The molecule has 0 heterocycles.